The first-order valence-electron chi connectivity index (χ1n) is 11.1. The zero-order valence-electron chi connectivity index (χ0n) is 18.8. The molecule has 0 aliphatic heterocycles. The summed E-state index contributed by atoms with van der Waals surface area (Å²) in [5.41, 5.74) is 7.95. The minimum atomic E-state index is -0.929. The first-order chi connectivity index (χ1) is 15.8. The van der Waals surface area contributed by atoms with Crippen molar-refractivity contribution >= 4 is 27.9 Å². The van der Waals surface area contributed by atoms with E-state index in [0.29, 0.717) is 0 Å². The summed E-state index contributed by atoms with van der Waals surface area (Å²) in [5.74, 6) is -0.929. The van der Waals surface area contributed by atoms with Crippen LogP contribution in [0.1, 0.15) is 58.4 Å². The van der Waals surface area contributed by atoms with Gasteiger partial charge < -0.3 is 5.11 Å². The second-order valence-electron chi connectivity index (χ2n) is 9.24. The van der Waals surface area contributed by atoms with Crippen LogP contribution in [-0.2, 0) is 5.41 Å². The van der Waals surface area contributed by atoms with Crippen molar-refractivity contribution in [2.75, 3.05) is 0 Å². The fourth-order valence-corrected chi connectivity index (χ4v) is 4.69. The van der Waals surface area contributed by atoms with Crippen LogP contribution in [0, 0.1) is 0 Å². The Balaban J connectivity index is 1.63. The monoisotopic (exact) mass is 431 g/mol. The number of rotatable bonds is 4. The van der Waals surface area contributed by atoms with E-state index in [1.54, 1.807) is 12.1 Å². The van der Waals surface area contributed by atoms with E-state index in [0.717, 1.165) is 34.1 Å². The molecule has 0 bridgehead atoms. The van der Waals surface area contributed by atoms with E-state index < -0.39 is 5.97 Å². The lowest BCUT2D eigenvalue weighted by atomic mass is 9.71. The van der Waals surface area contributed by atoms with E-state index >= 15 is 0 Å². The third-order valence-corrected chi connectivity index (χ3v) is 6.64. The molecule has 3 aromatic carbocycles. The van der Waals surface area contributed by atoms with Gasteiger partial charge in [0.25, 0.3) is 0 Å². The lowest BCUT2D eigenvalue weighted by Gasteiger charge is -2.33. The van der Waals surface area contributed by atoms with Gasteiger partial charge in [0.05, 0.1) is 5.56 Å². The molecule has 3 nitrogen and oxygen atoms in total. The Morgan fingerprint density at radius 3 is 2.36 bits per heavy atom. The van der Waals surface area contributed by atoms with Crippen molar-refractivity contribution in [3.63, 3.8) is 0 Å². The molecule has 0 saturated carbocycles. The van der Waals surface area contributed by atoms with Crippen molar-refractivity contribution in [3.05, 3.63) is 125 Å². The number of aromatic carboxylic acids is 1. The van der Waals surface area contributed by atoms with Crippen LogP contribution in [0.15, 0.2) is 91.8 Å². The number of hydrogen-bond acceptors (Lipinski definition) is 2. The normalized spacial score (nSPS) is 14.4. The fourth-order valence-electron chi connectivity index (χ4n) is 4.69. The zero-order valence-corrected chi connectivity index (χ0v) is 18.8. The molecule has 0 spiro atoms. The summed E-state index contributed by atoms with van der Waals surface area (Å²) in [6.07, 6.45) is 7.16. The van der Waals surface area contributed by atoms with Crippen molar-refractivity contribution in [1.29, 1.82) is 0 Å². The van der Waals surface area contributed by atoms with Crippen LogP contribution in [0.25, 0.3) is 21.9 Å². The molecule has 5 rings (SSSR count). The highest BCUT2D eigenvalue weighted by atomic mass is 16.4. The summed E-state index contributed by atoms with van der Waals surface area (Å²) in [4.78, 5) is 15.7. The molecule has 0 radical (unpaired) electrons. The van der Waals surface area contributed by atoms with Crippen LogP contribution in [-0.4, -0.2) is 16.1 Å². The number of carbonyl (C=O) groups is 1. The number of hydrogen-bond donors (Lipinski definition) is 1. The Kier molecular flexibility index (Phi) is 4.98. The van der Waals surface area contributed by atoms with Gasteiger partial charge in [-0.3, -0.25) is 4.98 Å². The van der Waals surface area contributed by atoms with E-state index in [4.69, 9.17) is 0 Å². The summed E-state index contributed by atoms with van der Waals surface area (Å²) in [6.45, 7) is 8.88. The fraction of sp³-hybridized carbons (Fsp3) is 0.133. The molecule has 0 saturated heterocycles. The number of allylic oxidation sites excluding steroid dienone is 1. The molecule has 0 unspecified atom stereocenters. The lowest BCUT2D eigenvalue weighted by Crippen LogP contribution is -2.22. The molecule has 1 N–H and O–H groups in total. The summed E-state index contributed by atoms with van der Waals surface area (Å²) in [5, 5.41) is 11.5. The number of fused-ring (bicyclic) bond motifs is 2. The van der Waals surface area contributed by atoms with Gasteiger partial charge in [0, 0.05) is 23.3 Å². The first-order valence-corrected chi connectivity index (χ1v) is 11.1. The first kappa shape index (κ1) is 20.9. The second kappa shape index (κ2) is 7.86. The third-order valence-electron chi connectivity index (χ3n) is 6.64. The van der Waals surface area contributed by atoms with Crippen molar-refractivity contribution in [2.45, 2.75) is 25.7 Å². The maximum atomic E-state index is 11.2. The van der Waals surface area contributed by atoms with Crippen molar-refractivity contribution in [3.8, 4) is 0 Å². The lowest BCUT2D eigenvalue weighted by molar-refractivity contribution is 0.0697. The van der Waals surface area contributed by atoms with Gasteiger partial charge in [-0.15, -0.1) is 0 Å². The zero-order chi connectivity index (χ0) is 23.2. The third kappa shape index (κ3) is 3.66. The van der Waals surface area contributed by atoms with Gasteiger partial charge in [-0.1, -0.05) is 75.0 Å². The smallest absolute Gasteiger partial charge is 0.335 e. The SMILES string of the molecule is C=C(c1ccc(C(=O)O)cc1)c1ccc2c(c1)C(c1cncc3ccccc13)=CCC2(C)C. The van der Waals surface area contributed by atoms with E-state index in [-0.39, 0.29) is 11.0 Å². The number of benzene rings is 3. The van der Waals surface area contributed by atoms with Crippen LogP contribution in [0.3, 0.4) is 0 Å². The Labute approximate surface area is 193 Å². The van der Waals surface area contributed by atoms with Crippen LogP contribution in [0.4, 0.5) is 0 Å². The van der Waals surface area contributed by atoms with Gasteiger partial charge in [-0.05, 0) is 68.8 Å². The van der Waals surface area contributed by atoms with Crippen molar-refractivity contribution < 1.29 is 9.90 Å². The predicted molar refractivity (Wildman–Crippen MR) is 134 cm³/mol. The number of carboxylic acid groups (broad SMARTS) is 1. The van der Waals surface area contributed by atoms with Crippen LogP contribution in [0.2, 0.25) is 0 Å². The van der Waals surface area contributed by atoms with Gasteiger partial charge in [0.1, 0.15) is 0 Å². The number of pyridine rings is 1. The average molecular weight is 432 g/mol. The quantitative estimate of drug-likeness (QED) is 0.375. The van der Waals surface area contributed by atoms with Crippen LogP contribution < -0.4 is 0 Å². The Hall–Kier alpha value is -3.98. The topological polar surface area (TPSA) is 50.2 Å². The maximum Gasteiger partial charge on any atom is 0.335 e. The van der Waals surface area contributed by atoms with E-state index in [1.165, 1.54) is 22.1 Å². The highest BCUT2D eigenvalue weighted by Crippen LogP contribution is 2.43. The van der Waals surface area contributed by atoms with Gasteiger partial charge in [-0.25, -0.2) is 4.79 Å². The molecule has 1 aliphatic carbocycles. The van der Waals surface area contributed by atoms with Gasteiger partial charge >= 0.3 is 5.97 Å². The molecule has 0 atom stereocenters. The molecule has 3 heteroatoms. The summed E-state index contributed by atoms with van der Waals surface area (Å²) >= 11 is 0. The van der Waals surface area contributed by atoms with E-state index in [9.17, 15) is 9.90 Å². The maximum absolute atomic E-state index is 11.2. The Morgan fingerprint density at radius 2 is 1.61 bits per heavy atom. The largest absolute Gasteiger partial charge is 0.478 e. The molecule has 1 aliphatic rings. The predicted octanol–water partition coefficient (Wildman–Crippen LogP) is 7.11. The van der Waals surface area contributed by atoms with Crippen molar-refractivity contribution in [2.24, 2.45) is 0 Å². The Bertz CT molecular complexity index is 1440. The van der Waals surface area contributed by atoms with Crippen molar-refractivity contribution in [1.82, 2.24) is 4.98 Å². The molecule has 1 heterocycles. The average Bonchev–Trinajstić information content (AvgIpc) is 2.83. The highest BCUT2D eigenvalue weighted by molar-refractivity contribution is 5.98. The Morgan fingerprint density at radius 1 is 0.909 bits per heavy atom. The molecule has 0 fully saturated rings. The number of aromatic nitrogens is 1. The molecular formula is C30H25NO2. The number of nitrogens with zero attached hydrogens (tertiary/aromatic N) is 1. The molecule has 162 valence electrons. The van der Waals surface area contributed by atoms with E-state index in [1.807, 2.05) is 30.6 Å². The molecule has 0 amide bonds. The van der Waals surface area contributed by atoms with Crippen LogP contribution in [0.5, 0.6) is 0 Å². The minimum absolute atomic E-state index is 0.0276. The van der Waals surface area contributed by atoms with Gasteiger partial charge in [-0.2, -0.15) is 0 Å². The molecule has 1 aromatic heterocycles. The highest BCUT2D eigenvalue weighted by Gasteiger charge is 2.29. The number of carboxylic acids is 1. The van der Waals surface area contributed by atoms with Gasteiger partial charge in [0.15, 0.2) is 0 Å². The minimum Gasteiger partial charge on any atom is -0.478 e. The van der Waals surface area contributed by atoms with E-state index in [2.05, 4.69) is 67.9 Å². The molecule has 4 aromatic rings. The summed E-state index contributed by atoms with van der Waals surface area (Å²) in [7, 11) is 0. The van der Waals surface area contributed by atoms with Crippen LogP contribution >= 0.6 is 0 Å². The summed E-state index contributed by atoms with van der Waals surface area (Å²) < 4.78 is 0. The second-order valence-corrected chi connectivity index (χ2v) is 9.24. The molecular weight excluding hydrogens is 406 g/mol. The standard InChI is InChI=1S/C30H25NO2/c1-19(20-8-10-21(11-9-20)29(32)33)22-12-13-28-26(16-22)25(14-15-30(28,2)3)27-18-31-17-23-6-4-5-7-24(23)27/h4-14,16-18H,1,15H2,2-3H3,(H,32,33). The van der Waals surface area contributed by atoms with Gasteiger partial charge in [0.2, 0.25) is 0 Å². The molecule has 33 heavy (non-hydrogen) atoms. The summed E-state index contributed by atoms with van der Waals surface area (Å²) in [6, 6.07) is 21.8.